The maximum absolute atomic E-state index is 10.7. The molecule has 2 atom stereocenters. The molecular weight excluding hydrogens is 212 g/mol. The largest absolute Gasteiger partial charge is 0.480 e. The molecule has 0 spiro atoms. The lowest BCUT2D eigenvalue weighted by molar-refractivity contribution is -0.142. The molecule has 0 aromatic heterocycles. The second kappa shape index (κ2) is 5.27. The molecule has 1 aliphatic carbocycles. The highest BCUT2D eigenvalue weighted by Crippen LogP contribution is 2.31. The zero-order valence-electron chi connectivity index (χ0n) is 9.00. The number of aliphatic carboxylic acids is 2. The van der Waals surface area contributed by atoms with Crippen LogP contribution in [0.4, 0.5) is 0 Å². The van der Waals surface area contributed by atoms with Crippen molar-refractivity contribution in [2.45, 2.75) is 37.8 Å². The maximum atomic E-state index is 10.7. The molecule has 1 fully saturated rings. The Morgan fingerprint density at radius 1 is 0.875 bits per heavy atom. The summed E-state index contributed by atoms with van der Waals surface area (Å²) in [5.41, 5.74) is 11.1. The van der Waals surface area contributed by atoms with E-state index in [9.17, 15) is 9.59 Å². The average Bonchev–Trinajstić information content (AvgIpc) is 2.27. The highest BCUT2D eigenvalue weighted by atomic mass is 16.4. The van der Waals surface area contributed by atoms with Gasteiger partial charge in [-0.3, -0.25) is 9.59 Å². The summed E-state index contributed by atoms with van der Waals surface area (Å²) in [7, 11) is 0. The van der Waals surface area contributed by atoms with Gasteiger partial charge in [0.05, 0.1) is 0 Å². The van der Waals surface area contributed by atoms with Crippen LogP contribution in [-0.4, -0.2) is 34.2 Å². The van der Waals surface area contributed by atoms with Gasteiger partial charge in [-0.2, -0.15) is 0 Å². The number of carboxylic acid groups (broad SMARTS) is 2. The van der Waals surface area contributed by atoms with Crippen molar-refractivity contribution < 1.29 is 19.8 Å². The van der Waals surface area contributed by atoms with Gasteiger partial charge in [0.25, 0.3) is 0 Å². The fraction of sp³-hybridized carbons (Fsp3) is 0.800. The molecule has 1 saturated carbocycles. The van der Waals surface area contributed by atoms with Gasteiger partial charge in [0.2, 0.25) is 0 Å². The molecule has 6 N–H and O–H groups in total. The zero-order chi connectivity index (χ0) is 12.3. The van der Waals surface area contributed by atoms with E-state index in [0.717, 1.165) is 0 Å². The van der Waals surface area contributed by atoms with Crippen LogP contribution < -0.4 is 11.5 Å². The third kappa shape index (κ3) is 2.93. The number of carboxylic acids is 2. The lowest BCUT2D eigenvalue weighted by Crippen LogP contribution is -2.44. The van der Waals surface area contributed by atoms with E-state index in [1.807, 2.05) is 0 Å². The number of nitrogens with two attached hydrogens (primary N) is 2. The van der Waals surface area contributed by atoms with Crippen molar-refractivity contribution in [3.63, 3.8) is 0 Å². The molecule has 0 unspecified atom stereocenters. The minimum absolute atomic E-state index is 0.0604. The Kier molecular flexibility index (Phi) is 4.26. The predicted molar refractivity (Wildman–Crippen MR) is 56.7 cm³/mol. The van der Waals surface area contributed by atoms with Crippen molar-refractivity contribution in [3.8, 4) is 0 Å². The Balaban J connectivity index is 2.45. The Morgan fingerprint density at radius 3 is 1.31 bits per heavy atom. The lowest BCUT2D eigenvalue weighted by atomic mass is 9.76. The molecular formula is C10H18N2O4. The van der Waals surface area contributed by atoms with E-state index in [1.54, 1.807) is 0 Å². The molecule has 1 aliphatic rings. The van der Waals surface area contributed by atoms with Gasteiger partial charge in [-0.1, -0.05) is 0 Å². The molecule has 0 bridgehead atoms. The highest BCUT2D eigenvalue weighted by molar-refractivity contribution is 5.74. The Hall–Kier alpha value is -1.14. The average molecular weight is 230 g/mol. The Labute approximate surface area is 93.6 Å². The summed E-state index contributed by atoms with van der Waals surface area (Å²) in [6, 6.07) is -1.69. The topological polar surface area (TPSA) is 127 Å². The van der Waals surface area contributed by atoms with Crippen molar-refractivity contribution in [3.05, 3.63) is 0 Å². The van der Waals surface area contributed by atoms with Gasteiger partial charge in [-0.15, -0.1) is 0 Å². The van der Waals surface area contributed by atoms with Gasteiger partial charge in [0.1, 0.15) is 12.1 Å². The van der Waals surface area contributed by atoms with E-state index in [1.165, 1.54) is 0 Å². The van der Waals surface area contributed by atoms with Crippen molar-refractivity contribution >= 4 is 11.9 Å². The molecule has 0 aromatic rings. The first-order chi connectivity index (χ1) is 7.43. The number of rotatable bonds is 4. The Bertz CT molecular complexity index is 246. The fourth-order valence-corrected chi connectivity index (χ4v) is 2.27. The molecule has 6 heteroatoms. The minimum atomic E-state index is -0.994. The molecule has 0 heterocycles. The number of hydrogen-bond donors (Lipinski definition) is 4. The van der Waals surface area contributed by atoms with Gasteiger partial charge < -0.3 is 21.7 Å². The van der Waals surface area contributed by atoms with Crippen molar-refractivity contribution in [1.29, 1.82) is 0 Å². The number of carbonyl (C=O) groups is 2. The summed E-state index contributed by atoms with van der Waals surface area (Å²) in [5.74, 6) is -2.11. The second-order valence-corrected chi connectivity index (χ2v) is 4.40. The summed E-state index contributed by atoms with van der Waals surface area (Å²) in [6.45, 7) is 0. The van der Waals surface area contributed by atoms with E-state index in [4.69, 9.17) is 21.7 Å². The van der Waals surface area contributed by atoms with Gasteiger partial charge in [-0.25, -0.2) is 0 Å². The first kappa shape index (κ1) is 12.9. The van der Waals surface area contributed by atoms with Crippen LogP contribution in [-0.2, 0) is 9.59 Å². The van der Waals surface area contributed by atoms with Gasteiger partial charge in [-0.05, 0) is 37.5 Å². The molecule has 1 rings (SSSR count). The molecule has 0 radical (unpaired) electrons. The molecule has 0 amide bonds. The zero-order valence-corrected chi connectivity index (χ0v) is 9.00. The monoisotopic (exact) mass is 230 g/mol. The van der Waals surface area contributed by atoms with Crippen molar-refractivity contribution in [1.82, 2.24) is 0 Å². The number of hydrogen-bond acceptors (Lipinski definition) is 4. The normalized spacial score (nSPS) is 29.4. The molecule has 92 valence electrons. The molecule has 6 nitrogen and oxygen atoms in total. The van der Waals surface area contributed by atoms with Crippen molar-refractivity contribution in [2.24, 2.45) is 23.3 Å². The van der Waals surface area contributed by atoms with Gasteiger partial charge in [0, 0.05) is 0 Å². The maximum Gasteiger partial charge on any atom is 0.320 e. The van der Waals surface area contributed by atoms with Crippen molar-refractivity contribution in [2.75, 3.05) is 0 Å². The highest BCUT2D eigenvalue weighted by Gasteiger charge is 2.33. The summed E-state index contributed by atoms with van der Waals surface area (Å²) >= 11 is 0. The van der Waals surface area contributed by atoms with E-state index >= 15 is 0 Å². The van der Waals surface area contributed by atoms with E-state index in [-0.39, 0.29) is 11.8 Å². The molecule has 0 aliphatic heterocycles. The minimum Gasteiger partial charge on any atom is -0.480 e. The standard InChI is InChI=1S/C10H18N2O4/c11-7(9(13)14)5-1-2-6(4-3-5)8(12)10(15)16/h5-8H,1-4,11-12H2,(H,13,14)(H,15,16)/t5?,6?,7-,8-/m0/s1. The summed E-state index contributed by atoms with van der Waals surface area (Å²) < 4.78 is 0. The predicted octanol–water partition coefficient (Wildman–Crippen LogP) is -0.383. The van der Waals surface area contributed by atoms with Crippen LogP contribution in [0.15, 0.2) is 0 Å². The molecule has 0 saturated heterocycles. The Morgan fingerprint density at radius 2 is 1.12 bits per heavy atom. The second-order valence-electron chi connectivity index (χ2n) is 4.40. The summed E-state index contributed by atoms with van der Waals surface area (Å²) in [5, 5.41) is 17.5. The van der Waals surface area contributed by atoms with Crippen LogP contribution in [0.25, 0.3) is 0 Å². The van der Waals surface area contributed by atoms with Gasteiger partial charge in [0.15, 0.2) is 0 Å². The summed E-state index contributed by atoms with van der Waals surface area (Å²) in [6.07, 6.45) is 2.55. The smallest absolute Gasteiger partial charge is 0.320 e. The van der Waals surface area contributed by atoms with E-state index < -0.39 is 24.0 Å². The van der Waals surface area contributed by atoms with E-state index in [2.05, 4.69) is 0 Å². The third-order valence-electron chi connectivity index (χ3n) is 3.40. The SMILES string of the molecule is N[C@H](C(=O)O)C1CCC([C@H](N)C(=O)O)CC1. The fourth-order valence-electron chi connectivity index (χ4n) is 2.27. The van der Waals surface area contributed by atoms with Crippen LogP contribution in [0.3, 0.4) is 0 Å². The van der Waals surface area contributed by atoms with E-state index in [0.29, 0.717) is 25.7 Å². The molecule has 0 aromatic carbocycles. The van der Waals surface area contributed by atoms with Gasteiger partial charge >= 0.3 is 11.9 Å². The van der Waals surface area contributed by atoms with Crippen LogP contribution in [0, 0.1) is 11.8 Å². The van der Waals surface area contributed by atoms with Crippen LogP contribution >= 0.6 is 0 Å². The first-order valence-corrected chi connectivity index (χ1v) is 5.40. The van der Waals surface area contributed by atoms with Crippen LogP contribution in [0.5, 0.6) is 0 Å². The summed E-state index contributed by atoms with van der Waals surface area (Å²) in [4.78, 5) is 21.4. The van der Waals surface area contributed by atoms with Crippen LogP contribution in [0.2, 0.25) is 0 Å². The first-order valence-electron chi connectivity index (χ1n) is 5.40. The molecule has 16 heavy (non-hydrogen) atoms. The van der Waals surface area contributed by atoms with Crippen LogP contribution in [0.1, 0.15) is 25.7 Å². The third-order valence-corrected chi connectivity index (χ3v) is 3.40. The lowest BCUT2D eigenvalue weighted by Gasteiger charge is -2.31. The quantitative estimate of drug-likeness (QED) is 0.521.